The Morgan fingerprint density at radius 1 is 1.30 bits per heavy atom. The molecule has 1 N–H and O–H groups in total. The molecule has 5 heteroatoms. The third-order valence-corrected chi connectivity index (χ3v) is 4.10. The van der Waals surface area contributed by atoms with Crippen molar-refractivity contribution in [3.63, 3.8) is 0 Å². The van der Waals surface area contributed by atoms with Crippen LogP contribution in [0.2, 0.25) is 0 Å². The number of benzene rings is 1. The Morgan fingerprint density at radius 3 is 2.85 bits per heavy atom. The molecule has 0 aliphatic carbocycles. The van der Waals surface area contributed by atoms with Crippen LogP contribution in [0.25, 0.3) is 0 Å². The first-order chi connectivity index (χ1) is 9.75. The normalized spacial score (nSPS) is 20.1. The van der Waals surface area contributed by atoms with Crippen molar-refractivity contribution in [3.8, 4) is 5.75 Å². The predicted molar refractivity (Wildman–Crippen MR) is 74.1 cm³/mol. The molecule has 1 saturated heterocycles. The van der Waals surface area contributed by atoms with Crippen LogP contribution in [0.3, 0.4) is 0 Å². The highest BCUT2D eigenvalue weighted by Crippen LogP contribution is 2.33. The fourth-order valence-corrected chi connectivity index (χ4v) is 2.80. The van der Waals surface area contributed by atoms with Gasteiger partial charge in [-0.1, -0.05) is 6.07 Å². The highest BCUT2D eigenvalue weighted by molar-refractivity contribution is 5.98. The number of hydrogen-bond donors (Lipinski definition) is 1. The second-order valence-corrected chi connectivity index (χ2v) is 5.15. The number of carbonyl (C=O) groups is 1. The lowest BCUT2D eigenvalue weighted by Crippen LogP contribution is -2.48. The van der Waals surface area contributed by atoms with E-state index >= 15 is 0 Å². The van der Waals surface area contributed by atoms with Crippen LogP contribution in [0.15, 0.2) is 18.2 Å². The van der Waals surface area contributed by atoms with Crippen LogP contribution in [0, 0.1) is 0 Å². The van der Waals surface area contributed by atoms with E-state index in [9.17, 15) is 4.79 Å². The molecule has 0 aromatic heterocycles. The zero-order valence-electron chi connectivity index (χ0n) is 11.6. The van der Waals surface area contributed by atoms with Crippen LogP contribution < -0.4 is 10.1 Å². The molecular formula is C15H19NO4. The lowest BCUT2D eigenvalue weighted by molar-refractivity contribution is -0.149. The number of carbonyl (C=O) groups excluding carboxylic acids is 1. The molecule has 3 rings (SSSR count). The molecule has 1 fully saturated rings. The molecular weight excluding hydrogens is 258 g/mol. The van der Waals surface area contributed by atoms with Gasteiger partial charge in [-0.05, 0) is 12.1 Å². The molecule has 0 atom stereocenters. The standard InChI is InChI=1S/C15H19NO4/c1-18-15(6-9-19-10-7-15)14(17)16-12-3-2-4-13-11(12)5-8-20-13/h2-4H,5-10H2,1H3,(H,16,17). The van der Waals surface area contributed by atoms with Crippen molar-refractivity contribution in [2.24, 2.45) is 0 Å². The molecule has 20 heavy (non-hydrogen) atoms. The molecule has 1 aromatic rings. The lowest BCUT2D eigenvalue weighted by atomic mass is 9.92. The summed E-state index contributed by atoms with van der Waals surface area (Å²) in [6.07, 6.45) is 2.00. The summed E-state index contributed by atoms with van der Waals surface area (Å²) in [5, 5.41) is 3.00. The van der Waals surface area contributed by atoms with E-state index in [1.807, 2.05) is 18.2 Å². The minimum Gasteiger partial charge on any atom is -0.493 e. The minimum atomic E-state index is -0.777. The fraction of sp³-hybridized carbons (Fsp3) is 0.533. The van der Waals surface area contributed by atoms with E-state index in [-0.39, 0.29) is 5.91 Å². The highest BCUT2D eigenvalue weighted by atomic mass is 16.5. The molecule has 2 aliphatic heterocycles. The zero-order valence-corrected chi connectivity index (χ0v) is 11.6. The first-order valence-corrected chi connectivity index (χ1v) is 6.94. The van der Waals surface area contributed by atoms with Crippen LogP contribution in [0.5, 0.6) is 5.75 Å². The van der Waals surface area contributed by atoms with Crippen LogP contribution in [-0.2, 0) is 20.7 Å². The van der Waals surface area contributed by atoms with Crippen molar-refractivity contribution in [2.75, 3.05) is 32.2 Å². The monoisotopic (exact) mass is 277 g/mol. The number of anilines is 1. The van der Waals surface area contributed by atoms with E-state index in [4.69, 9.17) is 14.2 Å². The van der Waals surface area contributed by atoms with Gasteiger partial charge in [0, 0.05) is 50.8 Å². The maximum Gasteiger partial charge on any atom is 0.256 e. The summed E-state index contributed by atoms with van der Waals surface area (Å²) in [4.78, 5) is 12.6. The number of fused-ring (bicyclic) bond motifs is 1. The number of amides is 1. The molecule has 108 valence electrons. The third kappa shape index (κ3) is 2.27. The first kappa shape index (κ1) is 13.4. The molecule has 0 unspecified atom stereocenters. The van der Waals surface area contributed by atoms with Gasteiger partial charge < -0.3 is 19.5 Å². The number of rotatable bonds is 3. The second kappa shape index (κ2) is 5.42. The molecule has 2 aliphatic rings. The van der Waals surface area contributed by atoms with E-state index in [2.05, 4.69) is 5.32 Å². The lowest BCUT2D eigenvalue weighted by Gasteiger charge is -2.34. The largest absolute Gasteiger partial charge is 0.493 e. The second-order valence-electron chi connectivity index (χ2n) is 5.15. The van der Waals surface area contributed by atoms with Crippen molar-refractivity contribution in [2.45, 2.75) is 24.9 Å². The average molecular weight is 277 g/mol. The number of ether oxygens (including phenoxy) is 3. The molecule has 0 radical (unpaired) electrons. The molecule has 2 heterocycles. The average Bonchev–Trinajstić information content (AvgIpc) is 2.97. The van der Waals surface area contributed by atoms with E-state index in [0.29, 0.717) is 32.7 Å². The topological polar surface area (TPSA) is 56.8 Å². The summed E-state index contributed by atoms with van der Waals surface area (Å²) in [6, 6.07) is 5.73. The molecule has 0 bridgehead atoms. The molecule has 5 nitrogen and oxygen atoms in total. The first-order valence-electron chi connectivity index (χ1n) is 6.94. The maximum absolute atomic E-state index is 12.6. The van der Waals surface area contributed by atoms with Crippen molar-refractivity contribution < 1.29 is 19.0 Å². The van der Waals surface area contributed by atoms with E-state index in [0.717, 1.165) is 23.4 Å². The molecule has 1 aromatic carbocycles. The summed E-state index contributed by atoms with van der Waals surface area (Å²) < 4.78 is 16.3. The Labute approximate surface area is 118 Å². The van der Waals surface area contributed by atoms with Gasteiger partial charge in [-0.3, -0.25) is 4.79 Å². The predicted octanol–water partition coefficient (Wildman–Crippen LogP) is 1.76. The Kier molecular flexibility index (Phi) is 3.63. The van der Waals surface area contributed by atoms with Gasteiger partial charge in [0.25, 0.3) is 5.91 Å². The van der Waals surface area contributed by atoms with Gasteiger partial charge in [0.1, 0.15) is 5.75 Å². The third-order valence-electron chi connectivity index (χ3n) is 4.10. The molecule has 1 amide bonds. The van der Waals surface area contributed by atoms with Crippen LogP contribution >= 0.6 is 0 Å². The Bertz CT molecular complexity index is 509. The summed E-state index contributed by atoms with van der Waals surface area (Å²) in [5.41, 5.74) is 1.12. The maximum atomic E-state index is 12.6. The zero-order chi connectivity index (χ0) is 14.0. The van der Waals surface area contributed by atoms with Crippen molar-refractivity contribution in [3.05, 3.63) is 23.8 Å². The van der Waals surface area contributed by atoms with Crippen molar-refractivity contribution >= 4 is 11.6 Å². The van der Waals surface area contributed by atoms with Gasteiger partial charge in [-0.15, -0.1) is 0 Å². The molecule has 0 saturated carbocycles. The van der Waals surface area contributed by atoms with Gasteiger partial charge in [0.05, 0.1) is 6.61 Å². The smallest absolute Gasteiger partial charge is 0.256 e. The van der Waals surface area contributed by atoms with Gasteiger partial charge in [0.15, 0.2) is 5.60 Å². The summed E-state index contributed by atoms with van der Waals surface area (Å²) in [6.45, 7) is 1.78. The van der Waals surface area contributed by atoms with Gasteiger partial charge in [-0.2, -0.15) is 0 Å². The minimum absolute atomic E-state index is 0.0939. The Hall–Kier alpha value is -1.59. The fourth-order valence-electron chi connectivity index (χ4n) is 2.80. The van der Waals surface area contributed by atoms with Gasteiger partial charge >= 0.3 is 0 Å². The van der Waals surface area contributed by atoms with Gasteiger partial charge in [0.2, 0.25) is 0 Å². The molecule has 0 spiro atoms. The van der Waals surface area contributed by atoms with Crippen molar-refractivity contribution in [1.82, 2.24) is 0 Å². The van der Waals surface area contributed by atoms with E-state index in [1.165, 1.54) is 0 Å². The van der Waals surface area contributed by atoms with E-state index in [1.54, 1.807) is 7.11 Å². The summed E-state index contributed by atoms with van der Waals surface area (Å²) in [5.74, 6) is 0.768. The quantitative estimate of drug-likeness (QED) is 0.914. The van der Waals surface area contributed by atoms with Crippen molar-refractivity contribution in [1.29, 1.82) is 0 Å². The highest BCUT2D eigenvalue weighted by Gasteiger charge is 2.40. The van der Waals surface area contributed by atoms with Gasteiger partial charge in [-0.25, -0.2) is 0 Å². The summed E-state index contributed by atoms with van der Waals surface area (Å²) >= 11 is 0. The van der Waals surface area contributed by atoms with Crippen LogP contribution in [-0.4, -0.2) is 38.4 Å². The van der Waals surface area contributed by atoms with Crippen LogP contribution in [0.4, 0.5) is 5.69 Å². The summed E-state index contributed by atoms with van der Waals surface area (Å²) in [7, 11) is 1.59. The Morgan fingerprint density at radius 2 is 2.10 bits per heavy atom. The number of hydrogen-bond acceptors (Lipinski definition) is 4. The Balaban J connectivity index is 1.80. The number of methoxy groups -OCH3 is 1. The SMILES string of the molecule is COC1(C(=O)Nc2cccc3c2CCO3)CCOCC1. The van der Waals surface area contributed by atoms with Crippen LogP contribution in [0.1, 0.15) is 18.4 Å². The van der Waals surface area contributed by atoms with E-state index < -0.39 is 5.60 Å². The number of nitrogens with one attached hydrogen (secondary N) is 1.